The number of pyridine rings is 1. The first-order valence-electron chi connectivity index (χ1n) is 5.27. The minimum absolute atomic E-state index is 0.172. The molecule has 0 aromatic carbocycles. The van der Waals surface area contributed by atoms with Crippen LogP contribution in [0.2, 0.25) is 0 Å². The number of aromatic nitrogens is 1. The molecule has 2 heterocycles. The standard InChI is InChI=1S/C10H10N6O2/c11-15-13-5-7-3-8(6-12-4-7)16-2-1-9(17)14-10(16)18/h3-4,6H,1-2,5H2,(H,14,17,18). The predicted octanol–water partition coefficient (Wildman–Crippen LogP) is 1.34. The van der Waals surface area contributed by atoms with Gasteiger partial charge in [0, 0.05) is 24.1 Å². The van der Waals surface area contributed by atoms with Gasteiger partial charge in [0.05, 0.1) is 18.4 Å². The quantitative estimate of drug-likeness (QED) is 0.493. The second-order valence-electron chi connectivity index (χ2n) is 3.70. The monoisotopic (exact) mass is 246 g/mol. The molecule has 0 radical (unpaired) electrons. The molecule has 0 bridgehead atoms. The number of hydrogen-bond acceptors (Lipinski definition) is 4. The van der Waals surface area contributed by atoms with Crippen LogP contribution in [0.15, 0.2) is 23.6 Å². The van der Waals surface area contributed by atoms with E-state index in [-0.39, 0.29) is 18.9 Å². The molecule has 8 heteroatoms. The molecule has 1 aromatic heterocycles. The van der Waals surface area contributed by atoms with Crippen LogP contribution in [0, 0.1) is 0 Å². The minimum Gasteiger partial charge on any atom is -0.292 e. The third kappa shape index (κ3) is 2.55. The molecular formula is C10H10N6O2. The summed E-state index contributed by atoms with van der Waals surface area (Å²) < 4.78 is 0. The van der Waals surface area contributed by atoms with Crippen LogP contribution in [0.5, 0.6) is 0 Å². The van der Waals surface area contributed by atoms with Gasteiger partial charge in [0.1, 0.15) is 0 Å². The summed E-state index contributed by atoms with van der Waals surface area (Å²) in [6, 6.07) is 1.24. The molecule has 2 rings (SSSR count). The minimum atomic E-state index is -0.464. The highest BCUT2D eigenvalue weighted by Gasteiger charge is 2.24. The van der Waals surface area contributed by atoms with Crippen LogP contribution in [0.25, 0.3) is 10.4 Å². The molecule has 1 aromatic rings. The molecular weight excluding hydrogens is 236 g/mol. The lowest BCUT2D eigenvalue weighted by atomic mass is 10.2. The molecule has 18 heavy (non-hydrogen) atoms. The summed E-state index contributed by atoms with van der Waals surface area (Å²) in [4.78, 5) is 30.7. The Labute approximate surface area is 102 Å². The first kappa shape index (κ1) is 11.9. The number of carbonyl (C=O) groups excluding carboxylic acids is 2. The van der Waals surface area contributed by atoms with Crippen molar-refractivity contribution in [1.29, 1.82) is 0 Å². The van der Waals surface area contributed by atoms with Crippen LogP contribution >= 0.6 is 0 Å². The zero-order valence-corrected chi connectivity index (χ0v) is 9.41. The molecule has 1 aliphatic heterocycles. The number of carbonyl (C=O) groups is 2. The second kappa shape index (κ2) is 5.15. The SMILES string of the molecule is [N-]=[N+]=NCc1cncc(N2CCC(=O)NC2=O)c1. The lowest BCUT2D eigenvalue weighted by molar-refractivity contribution is -0.120. The van der Waals surface area contributed by atoms with E-state index in [2.05, 4.69) is 20.3 Å². The highest BCUT2D eigenvalue weighted by Crippen LogP contribution is 2.17. The molecule has 92 valence electrons. The Morgan fingerprint density at radius 1 is 1.50 bits per heavy atom. The summed E-state index contributed by atoms with van der Waals surface area (Å²) in [5.74, 6) is -0.283. The number of nitrogens with zero attached hydrogens (tertiary/aromatic N) is 5. The lowest BCUT2D eigenvalue weighted by Crippen LogP contribution is -2.49. The van der Waals surface area contributed by atoms with E-state index in [0.29, 0.717) is 17.8 Å². The summed E-state index contributed by atoms with van der Waals surface area (Å²) in [5, 5.41) is 5.66. The third-order valence-electron chi connectivity index (χ3n) is 2.46. The van der Waals surface area contributed by atoms with Crippen molar-refractivity contribution in [2.24, 2.45) is 5.11 Å². The van der Waals surface area contributed by atoms with Gasteiger partial charge in [0.25, 0.3) is 0 Å². The maximum atomic E-state index is 11.6. The van der Waals surface area contributed by atoms with Crippen molar-refractivity contribution in [3.05, 3.63) is 34.5 Å². The second-order valence-corrected chi connectivity index (χ2v) is 3.70. The summed E-state index contributed by atoms with van der Waals surface area (Å²) in [6.07, 6.45) is 3.34. The molecule has 0 saturated carbocycles. The molecule has 0 unspecified atom stereocenters. The number of nitrogens with one attached hydrogen (secondary N) is 1. The van der Waals surface area contributed by atoms with Gasteiger partial charge in [-0.2, -0.15) is 0 Å². The van der Waals surface area contributed by atoms with Gasteiger partial charge in [-0.25, -0.2) is 4.79 Å². The van der Waals surface area contributed by atoms with E-state index in [1.165, 1.54) is 11.1 Å². The van der Waals surface area contributed by atoms with E-state index < -0.39 is 6.03 Å². The van der Waals surface area contributed by atoms with E-state index >= 15 is 0 Å². The van der Waals surface area contributed by atoms with Crippen LogP contribution in [-0.4, -0.2) is 23.5 Å². The molecule has 1 saturated heterocycles. The fourth-order valence-corrected chi connectivity index (χ4v) is 1.63. The zero-order chi connectivity index (χ0) is 13.0. The maximum absolute atomic E-state index is 11.6. The lowest BCUT2D eigenvalue weighted by Gasteiger charge is -2.26. The van der Waals surface area contributed by atoms with Crippen LogP contribution in [0.1, 0.15) is 12.0 Å². The maximum Gasteiger partial charge on any atom is 0.328 e. The van der Waals surface area contributed by atoms with Crippen molar-refractivity contribution in [2.45, 2.75) is 13.0 Å². The number of rotatable bonds is 3. The molecule has 1 N–H and O–H groups in total. The van der Waals surface area contributed by atoms with Crippen molar-refractivity contribution in [3.8, 4) is 0 Å². The first-order valence-corrected chi connectivity index (χ1v) is 5.27. The average molecular weight is 246 g/mol. The number of azide groups is 1. The van der Waals surface area contributed by atoms with Crippen molar-refractivity contribution in [1.82, 2.24) is 10.3 Å². The normalized spacial score (nSPS) is 15.0. The van der Waals surface area contributed by atoms with Crippen LogP contribution in [0.4, 0.5) is 10.5 Å². The van der Waals surface area contributed by atoms with E-state index in [0.717, 1.165) is 0 Å². The number of amides is 3. The van der Waals surface area contributed by atoms with Gasteiger partial charge in [-0.1, -0.05) is 5.11 Å². The van der Waals surface area contributed by atoms with Crippen molar-refractivity contribution in [3.63, 3.8) is 0 Å². The van der Waals surface area contributed by atoms with Gasteiger partial charge in [-0.15, -0.1) is 0 Å². The zero-order valence-electron chi connectivity index (χ0n) is 9.41. The average Bonchev–Trinajstić information content (AvgIpc) is 2.36. The van der Waals surface area contributed by atoms with Crippen LogP contribution < -0.4 is 10.2 Å². The van der Waals surface area contributed by atoms with Gasteiger partial charge in [-0.3, -0.25) is 20.0 Å². The Morgan fingerprint density at radius 3 is 3.06 bits per heavy atom. The summed E-state index contributed by atoms with van der Waals surface area (Å²) in [6.45, 7) is 0.489. The Morgan fingerprint density at radius 2 is 2.33 bits per heavy atom. The summed E-state index contributed by atoms with van der Waals surface area (Å²) >= 11 is 0. The Hall–Kier alpha value is -2.60. The molecule has 0 aliphatic carbocycles. The number of urea groups is 1. The summed E-state index contributed by atoms with van der Waals surface area (Å²) in [5.41, 5.74) is 9.52. The van der Waals surface area contributed by atoms with E-state index in [1.807, 2.05) is 0 Å². The van der Waals surface area contributed by atoms with Gasteiger partial charge in [0.15, 0.2) is 0 Å². The van der Waals surface area contributed by atoms with Gasteiger partial charge >= 0.3 is 6.03 Å². The number of hydrogen-bond donors (Lipinski definition) is 1. The highest BCUT2D eigenvalue weighted by molar-refractivity contribution is 6.05. The van der Waals surface area contributed by atoms with E-state index in [1.54, 1.807) is 12.3 Å². The number of anilines is 1. The highest BCUT2D eigenvalue weighted by atomic mass is 16.2. The molecule has 3 amide bonds. The van der Waals surface area contributed by atoms with Gasteiger partial charge in [0.2, 0.25) is 5.91 Å². The largest absolute Gasteiger partial charge is 0.328 e. The topological polar surface area (TPSA) is 111 Å². The fraction of sp³-hybridized carbons (Fsp3) is 0.300. The first-order chi connectivity index (χ1) is 8.70. The molecule has 0 atom stereocenters. The molecule has 1 aliphatic rings. The van der Waals surface area contributed by atoms with Crippen molar-refractivity contribution >= 4 is 17.6 Å². The number of imide groups is 1. The third-order valence-corrected chi connectivity index (χ3v) is 2.46. The van der Waals surface area contributed by atoms with Gasteiger partial charge in [-0.05, 0) is 17.2 Å². The molecule has 8 nitrogen and oxygen atoms in total. The molecule has 0 spiro atoms. The smallest absolute Gasteiger partial charge is 0.292 e. The van der Waals surface area contributed by atoms with E-state index in [9.17, 15) is 9.59 Å². The Kier molecular flexibility index (Phi) is 3.40. The molecule has 1 fully saturated rings. The van der Waals surface area contributed by atoms with Crippen molar-refractivity contribution in [2.75, 3.05) is 11.4 Å². The van der Waals surface area contributed by atoms with Crippen LogP contribution in [-0.2, 0) is 11.3 Å². The van der Waals surface area contributed by atoms with Crippen molar-refractivity contribution < 1.29 is 9.59 Å². The fourth-order valence-electron chi connectivity index (χ4n) is 1.63. The Bertz CT molecular complexity index is 537. The Balaban J connectivity index is 2.20. The predicted molar refractivity (Wildman–Crippen MR) is 62.6 cm³/mol. The summed E-state index contributed by atoms with van der Waals surface area (Å²) in [7, 11) is 0. The van der Waals surface area contributed by atoms with Gasteiger partial charge < -0.3 is 0 Å². The van der Waals surface area contributed by atoms with E-state index in [4.69, 9.17) is 5.53 Å². The van der Waals surface area contributed by atoms with Crippen LogP contribution in [0.3, 0.4) is 0 Å².